The van der Waals surface area contributed by atoms with E-state index in [4.69, 9.17) is 4.52 Å². The van der Waals surface area contributed by atoms with Crippen molar-refractivity contribution in [3.8, 4) is 22.8 Å². The molecule has 122 valence electrons. The molecule has 0 saturated heterocycles. The van der Waals surface area contributed by atoms with Gasteiger partial charge in [-0.05, 0) is 48.5 Å². The SMILES string of the molecule is O=C1C=CC(=O)N1c1ccc(-c2nc(-c3ccc(F)cc3)no2)cc1. The second-order valence-electron chi connectivity index (χ2n) is 5.32. The van der Waals surface area contributed by atoms with E-state index in [-0.39, 0.29) is 23.5 Å². The van der Waals surface area contributed by atoms with E-state index in [1.165, 1.54) is 24.3 Å². The van der Waals surface area contributed by atoms with E-state index < -0.39 is 0 Å². The van der Waals surface area contributed by atoms with Crippen LogP contribution in [0.1, 0.15) is 0 Å². The molecule has 4 rings (SSSR count). The molecule has 0 saturated carbocycles. The maximum atomic E-state index is 13.0. The Balaban J connectivity index is 1.60. The topological polar surface area (TPSA) is 76.3 Å². The number of aromatic nitrogens is 2. The van der Waals surface area contributed by atoms with Gasteiger partial charge in [0.1, 0.15) is 5.82 Å². The number of benzene rings is 2. The summed E-state index contributed by atoms with van der Waals surface area (Å²) in [5, 5.41) is 3.88. The number of rotatable bonds is 3. The van der Waals surface area contributed by atoms with Gasteiger partial charge in [0.25, 0.3) is 17.7 Å². The molecule has 0 radical (unpaired) electrons. The molecule has 3 aromatic rings. The lowest BCUT2D eigenvalue weighted by Crippen LogP contribution is -2.29. The van der Waals surface area contributed by atoms with Crippen LogP contribution in [0.3, 0.4) is 0 Å². The van der Waals surface area contributed by atoms with Gasteiger partial charge in [-0.15, -0.1) is 0 Å². The van der Waals surface area contributed by atoms with Crippen LogP contribution < -0.4 is 4.90 Å². The highest BCUT2D eigenvalue weighted by Crippen LogP contribution is 2.26. The zero-order valence-electron chi connectivity index (χ0n) is 12.7. The highest BCUT2D eigenvalue weighted by atomic mass is 19.1. The molecule has 1 aliphatic heterocycles. The van der Waals surface area contributed by atoms with Crippen molar-refractivity contribution in [1.82, 2.24) is 10.1 Å². The maximum absolute atomic E-state index is 13.0. The number of imide groups is 1. The van der Waals surface area contributed by atoms with E-state index in [0.717, 1.165) is 4.90 Å². The van der Waals surface area contributed by atoms with Gasteiger partial charge in [-0.3, -0.25) is 9.59 Å². The summed E-state index contributed by atoms with van der Waals surface area (Å²) in [6.07, 6.45) is 2.45. The second kappa shape index (κ2) is 5.79. The van der Waals surface area contributed by atoms with Gasteiger partial charge in [-0.2, -0.15) is 4.98 Å². The van der Waals surface area contributed by atoms with E-state index in [1.807, 2.05) is 0 Å². The average molecular weight is 335 g/mol. The average Bonchev–Trinajstić information content (AvgIpc) is 3.23. The Morgan fingerprint density at radius 1 is 0.840 bits per heavy atom. The van der Waals surface area contributed by atoms with Gasteiger partial charge >= 0.3 is 0 Å². The predicted molar refractivity (Wildman–Crippen MR) is 86.8 cm³/mol. The summed E-state index contributed by atoms with van der Waals surface area (Å²) in [5.74, 6) is -0.483. The molecule has 6 nitrogen and oxygen atoms in total. The molecule has 1 aliphatic rings. The number of nitrogens with zero attached hydrogens (tertiary/aromatic N) is 3. The zero-order chi connectivity index (χ0) is 17.4. The van der Waals surface area contributed by atoms with E-state index in [9.17, 15) is 14.0 Å². The number of carbonyl (C=O) groups is 2. The molecule has 0 unspecified atom stereocenters. The normalized spacial score (nSPS) is 13.7. The Kier molecular flexibility index (Phi) is 3.46. The first-order valence-corrected chi connectivity index (χ1v) is 7.38. The van der Waals surface area contributed by atoms with E-state index in [0.29, 0.717) is 22.6 Å². The smallest absolute Gasteiger partial charge is 0.258 e. The Morgan fingerprint density at radius 2 is 1.44 bits per heavy atom. The van der Waals surface area contributed by atoms with Gasteiger partial charge in [0.05, 0.1) is 5.69 Å². The lowest BCUT2D eigenvalue weighted by Gasteiger charge is -2.13. The van der Waals surface area contributed by atoms with Gasteiger partial charge in [0.15, 0.2) is 0 Å². The lowest BCUT2D eigenvalue weighted by molar-refractivity contribution is -0.119. The largest absolute Gasteiger partial charge is 0.334 e. The fraction of sp³-hybridized carbons (Fsp3) is 0. The van der Waals surface area contributed by atoms with Crippen molar-refractivity contribution < 1.29 is 18.5 Å². The van der Waals surface area contributed by atoms with Crippen molar-refractivity contribution in [2.24, 2.45) is 0 Å². The second-order valence-corrected chi connectivity index (χ2v) is 5.32. The van der Waals surface area contributed by atoms with E-state index >= 15 is 0 Å². The molecule has 2 aromatic carbocycles. The standard InChI is InChI=1S/C18H10FN3O3/c19-13-5-1-11(2-6-13)17-20-18(25-21-17)12-3-7-14(8-4-12)22-15(23)9-10-16(22)24/h1-10H. The third-order valence-corrected chi connectivity index (χ3v) is 3.71. The van der Waals surface area contributed by atoms with Crippen LogP contribution in [0.4, 0.5) is 10.1 Å². The number of anilines is 1. The van der Waals surface area contributed by atoms with Crippen LogP contribution in [0, 0.1) is 5.82 Å². The summed E-state index contributed by atoms with van der Waals surface area (Å²) in [6.45, 7) is 0. The van der Waals surface area contributed by atoms with Gasteiger partial charge in [0, 0.05) is 23.3 Å². The zero-order valence-corrected chi connectivity index (χ0v) is 12.7. The lowest BCUT2D eigenvalue weighted by atomic mass is 10.2. The Bertz CT molecular complexity index is 973. The van der Waals surface area contributed by atoms with Gasteiger partial charge in [-0.25, -0.2) is 9.29 Å². The fourth-order valence-corrected chi connectivity index (χ4v) is 2.46. The summed E-state index contributed by atoms with van der Waals surface area (Å²) < 4.78 is 18.2. The number of hydrogen-bond donors (Lipinski definition) is 0. The minimum absolute atomic E-state index is 0.281. The molecule has 2 heterocycles. The summed E-state index contributed by atoms with van der Waals surface area (Å²) in [4.78, 5) is 28.7. The molecule has 1 aromatic heterocycles. The van der Waals surface area contributed by atoms with Crippen LogP contribution in [-0.4, -0.2) is 22.0 Å². The van der Waals surface area contributed by atoms with E-state index in [2.05, 4.69) is 10.1 Å². The monoisotopic (exact) mass is 335 g/mol. The van der Waals surface area contributed by atoms with Crippen LogP contribution >= 0.6 is 0 Å². The molecule has 0 bridgehead atoms. The number of hydrogen-bond acceptors (Lipinski definition) is 5. The minimum atomic E-state index is -0.380. The Hall–Kier alpha value is -3.61. The molecule has 0 spiro atoms. The van der Waals surface area contributed by atoms with Crippen molar-refractivity contribution in [2.45, 2.75) is 0 Å². The predicted octanol–water partition coefficient (Wildman–Crippen LogP) is 2.97. The number of halogens is 1. The number of amides is 2. The minimum Gasteiger partial charge on any atom is -0.334 e. The van der Waals surface area contributed by atoms with Gasteiger partial charge < -0.3 is 4.52 Å². The fourth-order valence-electron chi connectivity index (χ4n) is 2.46. The van der Waals surface area contributed by atoms with Crippen molar-refractivity contribution in [1.29, 1.82) is 0 Å². The molecular weight excluding hydrogens is 325 g/mol. The Labute approximate surface area is 141 Å². The highest BCUT2D eigenvalue weighted by Gasteiger charge is 2.25. The summed E-state index contributed by atoms with van der Waals surface area (Å²) in [5.41, 5.74) is 1.73. The van der Waals surface area contributed by atoms with Gasteiger partial charge in [0.2, 0.25) is 5.82 Å². The van der Waals surface area contributed by atoms with Crippen LogP contribution in [0.2, 0.25) is 0 Å². The first-order valence-electron chi connectivity index (χ1n) is 7.38. The van der Waals surface area contributed by atoms with Crippen molar-refractivity contribution in [3.05, 3.63) is 66.5 Å². The summed E-state index contributed by atoms with van der Waals surface area (Å²) >= 11 is 0. The molecular formula is C18H10FN3O3. The Morgan fingerprint density at radius 3 is 2.08 bits per heavy atom. The van der Waals surface area contributed by atoms with Crippen LogP contribution in [-0.2, 0) is 9.59 Å². The first-order chi connectivity index (χ1) is 12.1. The molecule has 0 N–H and O–H groups in total. The summed E-state index contributed by atoms with van der Waals surface area (Å²) in [6, 6.07) is 12.4. The molecule has 0 fully saturated rings. The van der Waals surface area contributed by atoms with Crippen LogP contribution in [0.5, 0.6) is 0 Å². The quantitative estimate of drug-likeness (QED) is 0.688. The maximum Gasteiger partial charge on any atom is 0.258 e. The molecule has 2 amide bonds. The molecule has 7 heteroatoms. The number of carbonyl (C=O) groups excluding carboxylic acids is 2. The van der Waals surface area contributed by atoms with Crippen LogP contribution in [0.15, 0.2) is 65.2 Å². The van der Waals surface area contributed by atoms with Crippen molar-refractivity contribution >= 4 is 17.5 Å². The molecule has 0 aliphatic carbocycles. The van der Waals surface area contributed by atoms with Crippen LogP contribution in [0.25, 0.3) is 22.8 Å². The first kappa shape index (κ1) is 14.9. The van der Waals surface area contributed by atoms with Crippen molar-refractivity contribution in [3.63, 3.8) is 0 Å². The van der Waals surface area contributed by atoms with Gasteiger partial charge in [-0.1, -0.05) is 5.16 Å². The van der Waals surface area contributed by atoms with Crippen molar-refractivity contribution in [2.75, 3.05) is 4.90 Å². The molecule has 0 atom stereocenters. The summed E-state index contributed by atoms with van der Waals surface area (Å²) in [7, 11) is 0. The third-order valence-electron chi connectivity index (χ3n) is 3.71. The molecule has 25 heavy (non-hydrogen) atoms. The van der Waals surface area contributed by atoms with E-state index in [1.54, 1.807) is 36.4 Å². The third kappa shape index (κ3) is 2.72. The highest BCUT2D eigenvalue weighted by molar-refractivity contribution is 6.28.